The number of carbonyl (C=O) groups excluding carboxylic acids is 1. The van der Waals surface area contributed by atoms with Crippen LogP contribution in [0.25, 0.3) is 0 Å². The molecule has 0 aliphatic carbocycles. The number of carbonyl (C=O) groups is 1. The Labute approximate surface area is 167 Å². The number of rotatable bonds is 5. The van der Waals surface area contributed by atoms with Crippen molar-refractivity contribution in [2.24, 2.45) is 0 Å². The first kappa shape index (κ1) is 18.6. The predicted octanol–water partition coefficient (Wildman–Crippen LogP) is 2.20. The van der Waals surface area contributed by atoms with Gasteiger partial charge in [-0.1, -0.05) is 35.5 Å². The number of nitrogens with zero attached hydrogens (tertiary/aromatic N) is 6. The third kappa shape index (κ3) is 4.23. The van der Waals surface area contributed by atoms with Crippen LogP contribution in [0.2, 0.25) is 0 Å². The van der Waals surface area contributed by atoms with Crippen molar-refractivity contribution in [2.45, 2.75) is 6.54 Å². The SMILES string of the molecule is O=C(c1cn(Cc2ccccc2)nn1)N1CCN(c2ccc([N+](=O)[O-])cc2)CC1. The molecule has 3 aromatic rings. The van der Waals surface area contributed by atoms with Gasteiger partial charge in [-0.3, -0.25) is 14.9 Å². The van der Waals surface area contributed by atoms with E-state index in [-0.39, 0.29) is 11.6 Å². The quantitative estimate of drug-likeness (QED) is 0.488. The number of non-ortho nitro benzene ring substituents is 1. The number of nitro benzene ring substituents is 1. The second-order valence-electron chi connectivity index (χ2n) is 6.84. The summed E-state index contributed by atoms with van der Waals surface area (Å²) in [6.07, 6.45) is 1.68. The highest BCUT2D eigenvalue weighted by Gasteiger charge is 2.24. The first-order chi connectivity index (χ1) is 14.1. The van der Waals surface area contributed by atoms with E-state index in [9.17, 15) is 14.9 Å². The van der Waals surface area contributed by atoms with Crippen LogP contribution in [0.5, 0.6) is 0 Å². The van der Waals surface area contributed by atoms with Crippen molar-refractivity contribution in [3.05, 3.63) is 82.2 Å². The van der Waals surface area contributed by atoms with Gasteiger partial charge in [-0.05, 0) is 17.7 Å². The Balaban J connectivity index is 1.35. The molecule has 0 bridgehead atoms. The number of nitro groups is 1. The molecule has 9 nitrogen and oxygen atoms in total. The summed E-state index contributed by atoms with van der Waals surface area (Å²) < 4.78 is 1.66. The second kappa shape index (κ2) is 8.09. The lowest BCUT2D eigenvalue weighted by molar-refractivity contribution is -0.384. The van der Waals surface area contributed by atoms with Gasteiger partial charge >= 0.3 is 0 Å². The minimum absolute atomic E-state index is 0.0705. The highest BCUT2D eigenvalue weighted by molar-refractivity contribution is 5.92. The van der Waals surface area contributed by atoms with Gasteiger partial charge in [0.1, 0.15) is 0 Å². The fraction of sp³-hybridized carbons (Fsp3) is 0.250. The number of anilines is 1. The van der Waals surface area contributed by atoms with Gasteiger partial charge in [0.05, 0.1) is 17.7 Å². The standard InChI is InChI=1S/C20H20N6O3/c27-20(19-15-25(22-21-19)14-16-4-2-1-3-5-16)24-12-10-23(11-13-24)17-6-8-18(9-7-17)26(28)29/h1-9,15H,10-14H2. The number of aromatic nitrogens is 3. The molecule has 2 aromatic carbocycles. The Bertz CT molecular complexity index is 995. The molecule has 0 radical (unpaired) electrons. The highest BCUT2D eigenvalue weighted by atomic mass is 16.6. The molecular weight excluding hydrogens is 372 g/mol. The van der Waals surface area contributed by atoms with Crippen molar-refractivity contribution < 1.29 is 9.72 Å². The summed E-state index contributed by atoms with van der Waals surface area (Å²) >= 11 is 0. The lowest BCUT2D eigenvalue weighted by atomic mass is 10.2. The molecule has 1 saturated heterocycles. The van der Waals surface area contributed by atoms with Gasteiger partial charge in [0.15, 0.2) is 5.69 Å². The molecule has 29 heavy (non-hydrogen) atoms. The number of piperazine rings is 1. The van der Waals surface area contributed by atoms with Gasteiger partial charge < -0.3 is 9.80 Å². The molecule has 4 rings (SSSR count). The van der Waals surface area contributed by atoms with Crippen LogP contribution in [-0.2, 0) is 6.54 Å². The molecule has 1 amide bonds. The van der Waals surface area contributed by atoms with Crippen LogP contribution in [0.4, 0.5) is 11.4 Å². The lowest BCUT2D eigenvalue weighted by Crippen LogP contribution is -2.48. The minimum Gasteiger partial charge on any atom is -0.368 e. The summed E-state index contributed by atoms with van der Waals surface area (Å²) in [6, 6.07) is 16.4. The smallest absolute Gasteiger partial charge is 0.276 e. The molecule has 0 unspecified atom stereocenters. The maximum absolute atomic E-state index is 12.7. The molecule has 0 N–H and O–H groups in total. The Morgan fingerprint density at radius 1 is 1.00 bits per heavy atom. The van der Waals surface area contributed by atoms with E-state index in [1.54, 1.807) is 27.9 Å². The third-order valence-corrected chi connectivity index (χ3v) is 4.94. The van der Waals surface area contributed by atoms with E-state index in [2.05, 4.69) is 15.2 Å². The van der Waals surface area contributed by atoms with Gasteiger partial charge in [0.25, 0.3) is 11.6 Å². The summed E-state index contributed by atoms with van der Waals surface area (Å²) in [6.45, 7) is 2.99. The van der Waals surface area contributed by atoms with Crippen LogP contribution < -0.4 is 4.90 Å². The van der Waals surface area contributed by atoms with Crippen LogP contribution in [0, 0.1) is 10.1 Å². The molecule has 1 aliphatic heterocycles. The minimum atomic E-state index is -0.411. The maximum Gasteiger partial charge on any atom is 0.276 e. The zero-order chi connectivity index (χ0) is 20.2. The van der Waals surface area contributed by atoms with E-state index in [4.69, 9.17) is 0 Å². The average molecular weight is 392 g/mol. The Hall–Kier alpha value is -3.75. The van der Waals surface area contributed by atoms with Crippen LogP contribution >= 0.6 is 0 Å². The van der Waals surface area contributed by atoms with Crippen LogP contribution in [0.15, 0.2) is 60.8 Å². The van der Waals surface area contributed by atoms with Gasteiger partial charge in [-0.25, -0.2) is 4.68 Å². The van der Waals surface area contributed by atoms with Crippen molar-refractivity contribution in [3.8, 4) is 0 Å². The van der Waals surface area contributed by atoms with E-state index in [1.807, 2.05) is 30.3 Å². The highest BCUT2D eigenvalue weighted by Crippen LogP contribution is 2.21. The molecule has 1 aromatic heterocycles. The van der Waals surface area contributed by atoms with E-state index < -0.39 is 4.92 Å². The van der Waals surface area contributed by atoms with Crippen LogP contribution in [0.1, 0.15) is 16.1 Å². The van der Waals surface area contributed by atoms with E-state index in [0.717, 1.165) is 11.3 Å². The summed E-state index contributed by atoms with van der Waals surface area (Å²) in [4.78, 5) is 27.0. The van der Waals surface area contributed by atoms with Gasteiger partial charge in [0, 0.05) is 44.0 Å². The topological polar surface area (TPSA) is 97.4 Å². The van der Waals surface area contributed by atoms with Gasteiger partial charge in [-0.15, -0.1) is 5.10 Å². The predicted molar refractivity (Wildman–Crippen MR) is 107 cm³/mol. The number of hydrogen-bond donors (Lipinski definition) is 0. The summed E-state index contributed by atoms with van der Waals surface area (Å²) in [5, 5.41) is 18.9. The molecule has 0 saturated carbocycles. The summed E-state index contributed by atoms with van der Waals surface area (Å²) in [5.74, 6) is -0.132. The molecule has 148 valence electrons. The number of hydrogen-bond acceptors (Lipinski definition) is 6. The molecular formula is C20H20N6O3. The molecule has 1 fully saturated rings. The van der Waals surface area contributed by atoms with Gasteiger partial charge in [0.2, 0.25) is 0 Å². The average Bonchev–Trinajstić information content (AvgIpc) is 3.22. The van der Waals surface area contributed by atoms with Crippen LogP contribution in [0.3, 0.4) is 0 Å². The zero-order valence-electron chi connectivity index (χ0n) is 15.7. The first-order valence-electron chi connectivity index (χ1n) is 9.33. The van der Waals surface area contributed by atoms with E-state index in [1.165, 1.54) is 12.1 Å². The third-order valence-electron chi connectivity index (χ3n) is 4.94. The normalized spacial score (nSPS) is 14.1. The second-order valence-corrected chi connectivity index (χ2v) is 6.84. The molecule has 2 heterocycles. The van der Waals surface area contributed by atoms with Crippen molar-refractivity contribution in [1.29, 1.82) is 0 Å². The largest absolute Gasteiger partial charge is 0.368 e. The zero-order valence-corrected chi connectivity index (χ0v) is 15.7. The van der Waals surface area contributed by atoms with Crippen LogP contribution in [-0.4, -0.2) is 56.9 Å². The molecule has 0 spiro atoms. The Kier molecular flexibility index (Phi) is 5.19. The molecule has 0 atom stereocenters. The Morgan fingerprint density at radius 2 is 1.69 bits per heavy atom. The number of benzene rings is 2. The van der Waals surface area contributed by atoms with Crippen molar-refractivity contribution in [3.63, 3.8) is 0 Å². The maximum atomic E-state index is 12.7. The van der Waals surface area contributed by atoms with Gasteiger partial charge in [-0.2, -0.15) is 0 Å². The first-order valence-corrected chi connectivity index (χ1v) is 9.33. The summed E-state index contributed by atoms with van der Waals surface area (Å²) in [7, 11) is 0. The molecule has 9 heteroatoms. The van der Waals surface area contributed by atoms with Crippen molar-refractivity contribution >= 4 is 17.3 Å². The number of amides is 1. The van der Waals surface area contributed by atoms with E-state index in [0.29, 0.717) is 38.4 Å². The fourth-order valence-corrected chi connectivity index (χ4v) is 3.36. The van der Waals surface area contributed by atoms with Crippen molar-refractivity contribution in [1.82, 2.24) is 19.9 Å². The monoisotopic (exact) mass is 392 g/mol. The summed E-state index contributed by atoms with van der Waals surface area (Å²) in [5.41, 5.74) is 2.41. The molecule has 1 aliphatic rings. The van der Waals surface area contributed by atoms with Crippen molar-refractivity contribution in [2.75, 3.05) is 31.1 Å². The fourth-order valence-electron chi connectivity index (χ4n) is 3.36. The Morgan fingerprint density at radius 3 is 2.34 bits per heavy atom. The van der Waals surface area contributed by atoms with E-state index >= 15 is 0 Å². The lowest BCUT2D eigenvalue weighted by Gasteiger charge is -2.35.